The van der Waals surface area contributed by atoms with Crippen molar-refractivity contribution in [1.29, 1.82) is 5.41 Å². The SMILES string of the molecule is Cc1ncc(N(C)c2ccccc2C(=N)N)nc1C. The highest BCUT2D eigenvalue weighted by molar-refractivity contribution is 6.01. The third-order valence-electron chi connectivity index (χ3n) is 3.08. The number of aryl methyl sites for hydroxylation is 2. The summed E-state index contributed by atoms with van der Waals surface area (Å²) in [5.41, 5.74) is 8.94. The number of amidine groups is 1. The lowest BCUT2D eigenvalue weighted by Crippen LogP contribution is -2.19. The molecule has 98 valence electrons. The Hall–Kier alpha value is -2.43. The Bertz CT molecular complexity index is 621. The molecule has 0 aliphatic heterocycles. The first-order valence-electron chi connectivity index (χ1n) is 5.98. The number of benzene rings is 1. The van der Waals surface area contributed by atoms with E-state index in [0.717, 1.165) is 22.9 Å². The Morgan fingerprint density at radius 2 is 1.89 bits per heavy atom. The van der Waals surface area contributed by atoms with Gasteiger partial charge in [-0.2, -0.15) is 0 Å². The molecule has 0 aliphatic carbocycles. The minimum Gasteiger partial charge on any atom is -0.384 e. The molecular formula is C14H17N5. The fourth-order valence-corrected chi connectivity index (χ4v) is 1.81. The molecule has 0 saturated heterocycles. The van der Waals surface area contributed by atoms with Gasteiger partial charge in [-0.3, -0.25) is 10.4 Å². The van der Waals surface area contributed by atoms with Crippen molar-refractivity contribution in [3.8, 4) is 0 Å². The van der Waals surface area contributed by atoms with Crippen LogP contribution in [-0.2, 0) is 0 Å². The smallest absolute Gasteiger partial charge is 0.151 e. The summed E-state index contributed by atoms with van der Waals surface area (Å²) in [5.74, 6) is 0.774. The molecule has 0 fully saturated rings. The maximum Gasteiger partial charge on any atom is 0.151 e. The van der Waals surface area contributed by atoms with E-state index in [0.29, 0.717) is 5.56 Å². The topological polar surface area (TPSA) is 78.9 Å². The largest absolute Gasteiger partial charge is 0.384 e. The molecule has 19 heavy (non-hydrogen) atoms. The van der Waals surface area contributed by atoms with Gasteiger partial charge in [0.25, 0.3) is 0 Å². The zero-order valence-electron chi connectivity index (χ0n) is 11.3. The lowest BCUT2D eigenvalue weighted by Gasteiger charge is -2.21. The normalized spacial score (nSPS) is 10.3. The van der Waals surface area contributed by atoms with Crippen LogP contribution in [0.25, 0.3) is 0 Å². The van der Waals surface area contributed by atoms with Crippen molar-refractivity contribution < 1.29 is 0 Å². The van der Waals surface area contributed by atoms with Crippen LogP contribution in [-0.4, -0.2) is 22.9 Å². The number of anilines is 2. The first-order chi connectivity index (χ1) is 9.00. The lowest BCUT2D eigenvalue weighted by atomic mass is 10.1. The number of nitrogens with one attached hydrogen (secondary N) is 1. The summed E-state index contributed by atoms with van der Waals surface area (Å²) in [7, 11) is 1.89. The molecule has 2 aromatic rings. The summed E-state index contributed by atoms with van der Waals surface area (Å²) in [6.07, 6.45) is 1.72. The van der Waals surface area contributed by atoms with Crippen molar-refractivity contribution in [2.24, 2.45) is 5.73 Å². The minimum absolute atomic E-state index is 0.0410. The number of nitrogens with two attached hydrogens (primary N) is 1. The summed E-state index contributed by atoms with van der Waals surface area (Å²) < 4.78 is 0. The van der Waals surface area contributed by atoms with E-state index in [2.05, 4.69) is 9.97 Å². The number of aromatic nitrogens is 2. The molecule has 2 rings (SSSR count). The van der Waals surface area contributed by atoms with Crippen LogP contribution in [0.1, 0.15) is 17.0 Å². The highest BCUT2D eigenvalue weighted by Crippen LogP contribution is 2.25. The summed E-state index contributed by atoms with van der Waals surface area (Å²) in [4.78, 5) is 10.7. The summed E-state index contributed by atoms with van der Waals surface area (Å²) in [6, 6.07) is 7.50. The molecule has 3 N–H and O–H groups in total. The first-order valence-corrected chi connectivity index (χ1v) is 5.98. The third kappa shape index (κ3) is 2.54. The summed E-state index contributed by atoms with van der Waals surface area (Å²) in [6.45, 7) is 3.85. The number of rotatable bonds is 3. The number of nitrogen functional groups attached to an aromatic ring is 1. The molecular weight excluding hydrogens is 238 g/mol. The van der Waals surface area contributed by atoms with Crippen LogP contribution < -0.4 is 10.6 Å². The Morgan fingerprint density at radius 3 is 2.53 bits per heavy atom. The number of para-hydroxylation sites is 1. The van der Waals surface area contributed by atoms with E-state index in [9.17, 15) is 0 Å². The molecule has 5 heteroatoms. The van der Waals surface area contributed by atoms with Crippen molar-refractivity contribution in [3.05, 3.63) is 47.4 Å². The molecule has 0 atom stereocenters. The molecule has 0 amide bonds. The van der Waals surface area contributed by atoms with Gasteiger partial charge in [-0.15, -0.1) is 0 Å². The van der Waals surface area contributed by atoms with Gasteiger partial charge in [0.1, 0.15) is 5.84 Å². The molecule has 0 unspecified atom stereocenters. The summed E-state index contributed by atoms with van der Waals surface area (Å²) >= 11 is 0. The monoisotopic (exact) mass is 255 g/mol. The van der Waals surface area contributed by atoms with Crippen LogP contribution in [0, 0.1) is 19.3 Å². The van der Waals surface area contributed by atoms with E-state index in [1.165, 1.54) is 0 Å². The van der Waals surface area contributed by atoms with Gasteiger partial charge in [-0.05, 0) is 26.0 Å². The van der Waals surface area contributed by atoms with Crippen LogP contribution in [0.5, 0.6) is 0 Å². The fourth-order valence-electron chi connectivity index (χ4n) is 1.81. The van der Waals surface area contributed by atoms with Crippen LogP contribution in [0.3, 0.4) is 0 Å². The van der Waals surface area contributed by atoms with E-state index in [-0.39, 0.29) is 5.84 Å². The van der Waals surface area contributed by atoms with E-state index in [4.69, 9.17) is 11.1 Å². The van der Waals surface area contributed by atoms with Crippen LogP contribution in [0.4, 0.5) is 11.5 Å². The maximum absolute atomic E-state index is 7.62. The standard InChI is InChI=1S/C14H17N5/c1-9-10(2)18-13(8-17-9)19(3)12-7-5-4-6-11(12)14(15)16/h4-8H,1-3H3,(H3,15,16). The Balaban J connectivity index is 2.46. The third-order valence-corrected chi connectivity index (χ3v) is 3.08. The van der Waals surface area contributed by atoms with Gasteiger partial charge >= 0.3 is 0 Å². The van der Waals surface area contributed by atoms with Gasteiger partial charge < -0.3 is 10.6 Å². The molecule has 5 nitrogen and oxygen atoms in total. The van der Waals surface area contributed by atoms with Gasteiger partial charge in [0.15, 0.2) is 5.82 Å². The van der Waals surface area contributed by atoms with Crippen LogP contribution in [0.2, 0.25) is 0 Å². The molecule has 0 saturated carbocycles. The Kier molecular flexibility index (Phi) is 3.46. The van der Waals surface area contributed by atoms with Gasteiger partial charge in [0.2, 0.25) is 0 Å². The van der Waals surface area contributed by atoms with Gasteiger partial charge in [0.05, 0.1) is 23.3 Å². The van der Waals surface area contributed by atoms with E-state index >= 15 is 0 Å². The van der Waals surface area contributed by atoms with Gasteiger partial charge in [-0.25, -0.2) is 4.98 Å². The van der Waals surface area contributed by atoms with E-state index < -0.39 is 0 Å². The quantitative estimate of drug-likeness (QED) is 0.650. The first kappa shape index (κ1) is 13.0. The Labute approximate surface area is 112 Å². The van der Waals surface area contributed by atoms with E-state index in [1.807, 2.05) is 50.1 Å². The number of nitrogens with zero attached hydrogens (tertiary/aromatic N) is 3. The predicted octanol–water partition coefficient (Wildman–Crippen LogP) is 2.15. The van der Waals surface area contributed by atoms with Crippen LogP contribution in [0.15, 0.2) is 30.5 Å². The molecule has 0 spiro atoms. The van der Waals surface area contributed by atoms with Crippen molar-refractivity contribution in [1.82, 2.24) is 9.97 Å². The molecule has 0 radical (unpaired) electrons. The van der Waals surface area contributed by atoms with Gasteiger partial charge in [-0.1, -0.05) is 12.1 Å². The van der Waals surface area contributed by atoms with Crippen molar-refractivity contribution in [3.63, 3.8) is 0 Å². The predicted molar refractivity (Wildman–Crippen MR) is 77.0 cm³/mol. The fraction of sp³-hybridized carbons (Fsp3) is 0.214. The van der Waals surface area contributed by atoms with Crippen molar-refractivity contribution in [2.75, 3.05) is 11.9 Å². The highest BCUT2D eigenvalue weighted by Gasteiger charge is 2.12. The molecule has 0 bridgehead atoms. The zero-order valence-corrected chi connectivity index (χ0v) is 11.3. The second-order valence-electron chi connectivity index (χ2n) is 4.39. The summed E-state index contributed by atoms with van der Waals surface area (Å²) in [5, 5.41) is 7.62. The highest BCUT2D eigenvalue weighted by atomic mass is 15.2. The minimum atomic E-state index is 0.0410. The van der Waals surface area contributed by atoms with Crippen molar-refractivity contribution >= 4 is 17.3 Å². The Morgan fingerprint density at radius 1 is 1.21 bits per heavy atom. The molecule has 1 aromatic heterocycles. The molecule has 1 heterocycles. The molecule has 0 aliphatic rings. The van der Waals surface area contributed by atoms with Gasteiger partial charge in [0, 0.05) is 12.6 Å². The van der Waals surface area contributed by atoms with E-state index in [1.54, 1.807) is 6.20 Å². The second-order valence-corrected chi connectivity index (χ2v) is 4.39. The zero-order chi connectivity index (χ0) is 14.0. The second kappa shape index (κ2) is 5.06. The molecule has 1 aromatic carbocycles. The average Bonchev–Trinajstić information content (AvgIpc) is 2.41. The number of hydrogen-bond donors (Lipinski definition) is 2. The number of hydrogen-bond acceptors (Lipinski definition) is 4. The van der Waals surface area contributed by atoms with Crippen molar-refractivity contribution in [2.45, 2.75) is 13.8 Å². The average molecular weight is 255 g/mol. The lowest BCUT2D eigenvalue weighted by molar-refractivity contribution is 1.00. The van der Waals surface area contributed by atoms with Crippen LogP contribution >= 0.6 is 0 Å². The maximum atomic E-state index is 7.62.